The Labute approximate surface area is 298 Å². The molecule has 280 valence electrons. The van der Waals surface area contributed by atoms with E-state index in [1.54, 1.807) is 24.3 Å². The van der Waals surface area contributed by atoms with Crippen LogP contribution in [0.5, 0.6) is 0 Å². The maximum Gasteiger partial charge on any atom is 0.306 e. The van der Waals surface area contributed by atoms with Crippen molar-refractivity contribution in [1.82, 2.24) is 0 Å². The van der Waals surface area contributed by atoms with E-state index in [9.17, 15) is 24.9 Å². The standard InChI is InChI=1S/C42H70O7/c1-4-6-21-29-38(44)30-23-17-13-11-14-18-24-31-39(45)32-25-20-27-33-41(46)48-36-40(35-43)49-42(47)34-26-19-15-10-8-7-9-12-16-22-28-37(3)5-2/h6,13-14,17-18,21,23-25,30-32,37-40,43-45H,4-5,7-12,15-16,19-20,22,26-29,33-36H2,1-3H3/b17-13-,18-14-,21-6-,30-23+,31-24+,32-25-/t37?,38-,39-,40+/m1/s1. The van der Waals surface area contributed by atoms with Gasteiger partial charge in [-0.3, -0.25) is 9.59 Å². The minimum Gasteiger partial charge on any atom is -0.462 e. The molecule has 7 nitrogen and oxygen atoms in total. The fourth-order valence-electron chi connectivity index (χ4n) is 4.92. The second kappa shape index (κ2) is 35.1. The van der Waals surface area contributed by atoms with Gasteiger partial charge in [0.05, 0.1) is 18.8 Å². The van der Waals surface area contributed by atoms with Crippen molar-refractivity contribution >= 4 is 11.9 Å². The van der Waals surface area contributed by atoms with Gasteiger partial charge in [-0.1, -0.05) is 164 Å². The number of hydrogen-bond acceptors (Lipinski definition) is 7. The first kappa shape index (κ1) is 46.3. The molecule has 0 rings (SSSR count). The maximum atomic E-state index is 12.2. The molecule has 0 aliphatic heterocycles. The van der Waals surface area contributed by atoms with Gasteiger partial charge in [-0.05, 0) is 44.4 Å². The molecule has 7 heteroatoms. The number of rotatable bonds is 32. The first-order chi connectivity index (χ1) is 23.8. The van der Waals surface area contributed by atoms with Gasteiger partial charge in [0.25, 0.3) is 0 Å². The predicted molar refractivity (Wildman–Crippen MR) is 203 cm³/mol. The first-order valence-corrected chi connectivity index (χ1v) is 19.1. The van der Waals surface area contributed by atoms with Crippen LogP contribution in [0.1, 0.15) is 143 Å². The Kier molecular flexibility index (Phi) is 33.1. The van der Waals surface area contributed by atoms with Crippen molar-refractivity contribution in [3.05, 3.63) is 72.9 Å². The molecule has 4 atom stereocenters. The number of aliphatic hydroxyl groups excluding tert-OH is 3. The molecule has 0 aromatic carbocycles. The summed E-state index contributed by atoms with van der Waals surface area (Å²) in [4.78, 5) is 24.2. The number of carbonyl (C=O) groups is 2. The number of unbranched alkanes of at least 4 members (excludes halogenated alkanes) is 10. The highest BCUT2D eigenvalue weighted by Crippen LogP contribution is 2.15. The van der Waals surface area contributed by atoms with Crippen LogP contribution in [0.3, 0.4) is 0 Å². The summed E-state index contributed by atoms with van der Waals surface area (Å²) < 4.78 is 10.5. The summed E-state index contributed by atoms with van der Waals surface area (Å²) in [6.07, 6.45) is 38.9. The van der Waals surface area contributed by atoms with Crippen molar-refractivity contribution in [1.29, 1.82) is 0 Å². The number of carbonyl (C=O) groups excluding carboxylic acids is 2. The van der Waals surface area contributed by atoms with E-state index < -0.39 is 30.9 Å². The summed E-state index contributed by atoms with van der Waals surface area (Å²) in [6, 6.07) is 0. The van der Waals surface area contributed by atoms with E-state index in [4.69, 9.17) is 9.47 Å². The number of ether oxygens (including phenoxy) is 2. The summed E-state index contributed by atoms with van der Waals surface area (Å²) in [5, 5.41) is 29.4. The molecule has 0 radical (unpaired) electrons. The lowest BCUT2D eigenvalue weighted by atomic mass is 9.99. The lowest BCUT2D eigenvalue weighted by Crippen LogP contribution is -2.28. The number of esters is 2. The highest BCUT2D eigenvalue weighted by atomic mass is 16.6. The Bertz CT molecular complexity index is 962. The largest absolute Gasteiger partial charge is 0.462 e. The second-order valence-electron chi connectivity index (χ2n) is 12.9. The summed E-state index contributed by atoms with van der Waals surface area (Å²) in [7, 11) is 0. The van der Waals surface area contributed by atoms with Crippen LogP contribution in [-0.4, -0.2) is 58.8 Å². The summed E-state index contributed by atoms with van der Waals surface area (Å²) in [5.74, 6) is 0.0803. The molecule has 49 heavy (non-hydrogen) atoms. The van der Waals surface area contributed by atoms with Gasteiger partial charge in [0.2, 0.25) is 0 Å². The van der Waals surface area contributed by atoms with Gasteiger partial charge in [-0.25, -0.2) is 0 Å². The first-order valence-electron chi connectivity index (χ1n) is 19.1. The average molecular weight is 687 g/mol. The topological polar surface area (TPSA) is 113 Å². The van der Waals surface area contributed by atoms with E-state index in [2.05, 4.69) is 20.8 Å². The third kappa shape index (κ3) is 33.5. The van der Waals surface area contributed by atoms with E-state index in [1.165, 1.54) is 57.8 Å². The van der Waals surface area contributed by atoms with Crippen molar-refractivity contribution in [2.24, 2.45) is 5.92 Å². The fraction of sp³-hybridized carbons (Fsp3) is 0.667. The van der Waals surface area contributed by atoms with Gasteiger partial charge in [0, 0.05) is 12.8 Å². The predicted octanol–water partition coefficient (Wildman–Crippen LogP) is 9.58. The molecule has 0 aromatic heterocycles. The molecular formula is C42H70O7. The molecule has 0 bridgehead atoms. The molecule has 0 saturated heterocycles. The minimum atomic E-state index is -0.845. The third-order valence-corrected chi connectivity index (χ3v) is 8.23. The monoisotopic (exact) mass is 687 g/mol. The van der Waals surface area contributed by atoms with Crippen molar-refractivity contribution in [2.75, 3.05) is 13.2 Å². The Hall–Kier alpha value is -2.74. The Morgan fingerprint density at radius 2 is 1.29 bits per heavy atom. The molecule has 1 unspecified atom stereocenters. The third-order valence-electron chi connectivity index (χ3n) is 8.23. The second-order valence-corrected chi connectivity index (χ2v) is 12.9. The number of hydrogen-bond donors (Lipinski definition) is 3. The van der Waals surface area contributed by atoms with Crippen LogP contribution in [0, 0.1) is 5.92 Å². The van der Waals surface area contributed by atoms with Crippen LogP contribution in [0.4, 0.5) is 0 Å². The highest BCUT2D eigenvalue weighted by molar-refractivity contribution is 5.70. The molecule has 0 amide bonds. The molecule has 0 aliphatic rings. The van der Waals surface area contributed by atoms with Gasteiger partial charge >= 0.3 is 11.9 Å². The van der Waals surface area contributed by atoms with Gasteiger partial charge in [0.15, 0.2) is 6.10 Å². The average Bonchev–Trinajstić information content (AvgIpc) is 3.09. The van der Waals surface area contributed by atoms with Crippen molar-refractivity contribution in [2.45, 2.75) is 161 Å². The maximum absolute atomic E-state index is 12.2. The van der Waals surface area contributed by atoms with E-state index in [0.717, 1.165) is 38.0 Å². The van der Waals surface area contributed by atoms with Crippen molar-refractivity contribution < 1.29 is 34.4 Å². The molecule has 0 saturated carbocycles. The van der Waals surface area contributed by atoms with E-state index in [1.807, 2.05) is 48.6 Å². The molecule has 0 aliphatic carbocycles. The molecule has 0 heterocycles. The SMILES string of the molecule is CC/C=C\C[C@@H](O)/C=C/C=C\C/C=C\C=C\[C@@H](O)/C=C\CCCC(=O)OC[C@H](CO)OC(=O)CCCCCCCCCCCCC(C)CC. The van der Waals surface area contributed by atoms with Crippen LogP contribution in [0.15, 0.2) is 72.9 Å². The number of aliphatic hydroxyl groups is 3. The van der Waals surface area contributed by atoms with Crippen LogP contribution >= 0.6 is 0 Å². The Morgan fingerprint density at radius 3 is 1.92 bits per heavy atom. The van der Waals surface area contributed by atoms with Gasteiger partial charge in [0.1, 0.15) is 6.61 Å². The molecule has 0 aromatic rings. The zero-order valence-electron chi connectivity index (χ0n) is 31.1. The van der Waals surface area contributed by atoms with E-state index in [-0.39, 0.29) is 19.0 Å². The van der Waals surface area contributed by atoms with Gasteiger partial charge in [-0.15, -0.1) is 0 Å². The van der Waals surface area contributed by atoms with Crippen LogP contribution in [0.25, 0.3) is 0 Å². The Balaban J connectivity index is 3.88. The van der Waals surface area contributed by atoms with Crippen LogP contribution < -0.4 is 0 Å². The molecule has 0 fully saturated rings. The summed E-state index contributed by atoms with van der Waals surface area (Å²) in [5.41, 5.74) is 0. The van der Waals surface area contributed by atoms with Crippen LogP contribution in [0.2, 0.25) is 0 Å². The highest BCUT2D eigenvalue weighted by Gasteiger charge is 2.16. The summed E-state index contributed by atoms with van der Waals surface area (Å²) >= 11 is 0. The smallest absolute Gasteiger partial charge is 0.306 e. The normalized spacial score (nSPS) is 15.0. The van der Waals surface area contributed by atoms with Gasteiger partial charge < -0.3 is 24.8 Å². The van der Waals surface area contributed by atoms with Crippen molar-refractivity contribution in [3.8, 4) is 0 Å². The lowest BCUT2D eigenvalue weighted by Gasteiger charge is -2.15. The van der Waals surface area contributed by atoms with Crippen molar-refractivity contribution in [3.63, 3.8) is 0 Å². The van der Waals surface area contributed by atoms with E-state index >= 15 is 0 Å². The minimum absolute atomic E-state index is 0.155. The quantitative estimate of drug-likeness (QED) is 0.0280. The zero-order chi connectivity index (χ0) is 36.2. The Morgan fingerprint density at radius 1 is 0.673 bits per heavy atom. The van der Waals surface area contributed by atoms with Gasteiger partial charge in [-0.2, -0.15) is 0 Å². The fourth-order valence-corrected chi connectivity index (χ4v) is 4.92. The molecular weight excluding hydrogens is 616 g/mol. The van der Waals surface area contributed by atoms with Crippen LogP contribution in [-0.2, 0) is 19.1 Å². The summed E-state index contributed by atoms with van der Waals surface area (Å²) in [6.45, 7) is 6.12. The zero-order valence-corrected chi connectivity index (χ0v) is 31.1. The lowest BCUT2D eigenvalue weighted by molar-refractivity contribution is -0.161. The number of allylic oxidation sites excluding steroid dienone is 8. The van der Waals surface area contributed by atoms with E-state index in [0.29, 0.717) is 25.7 Å². The molecule has 3 N–H and O–H groups in total. The molecule has 0 spiro atoms.